The second-order valence-electron chi connectivity index (χ2n) is 35.4. The molecule has 12 aromatic rings. The fraction of sp³-hybridized carbons (Fsp3) is 0.560. The topological polar surface area (TPSA) is 489 Å². The van der Waals surface area contributed by atoms with E-state index in [2.05, 4.69) is 74.4 Å². The first-order valence-corrected chi connectivity index (χ1v) is 54.6. The highest BCUT2D eigenvalue weighted by molar-refractivity contribution is 7.90. The summed E-state index contributed by atoms with van der Waals surface area (Å²) in [6.07, 6.45) is -1.35. The third kappa shape index (κ3) is 26.5. The number of nitrogens with one attached hydrogen (secondary N) is 8. The van der Waals surface area contributed by atoms with E-state index in [0.717, 1.165) is 38.6 Å². The number of nitrogens with zero attached hydrogens (tertiary/aromatic N) is 16. The van der Waals surface area contributed by atoms with E-state index in [-0.39, 0.29) is 129 Å². The molecule has 4 saturated heterocycles. The lowest BCUT2D eigenvalue weighted by atomic mass is 10.1. The molecule has 8 aromatic heterocycles. The van der Waals surface area contributed by atoms with E-state index in [0.29, 0.717) is 156 Å². The van der Waals surface area contributed by atoms with Crippen LogP contribution in [-0.4, -0.2) is 263 Å². The van der Waals surface area contributed by atoms with Crippen LogP contribution in [0, 0.1) is 0 Å². The van der Waals surface area contributed by atoms with E-state index in [4.69, 9.17) is 40.9 Å². The molecule has 0 saturated carbocycles. The van der Waals surface area contributed by atoms with Crippen molar-refractivity contribution in [1.82, 2.24) is 117 Å². The molecule has 8 N–H and O–H groups in total. The summed E-state index contributed by atoms with van der Waals surface area (Å²) in [4.78, 5) is 87.7. The van der Waals surface area contributed by atoms with Crippen LogP contribution in [0.4, 0.5) is 0 Å². The smallest absolute Gasteiger partial charge is 0.277 e. The lowest BCUT2D eigenvalue weighted by molar-refractivity contribution is 0.297. The molecule has 40 nitrogen and oxygen atoms in total. The normalized spacial score (nSPS) is 19.5. The first kappa shape index (κ1) is 89.4. The van der Waals surface area contributed by atoms with Gasteiger partial charge in [-0.25, -0.2) is 72.5 Å². The number of likely N-dealkylation sites (tertiary alicyclic amines) is 4. The number of sulfonamides is 4. The van der Waals surface area contributed by atoms with Gasteiger partial charge in [0.15, 0.2) is 22.1 Å². The van der Waals surface area contributed by atoms with E-state index in [9.17, 15) is 52.8 Å². The fourth-order valence-corrected chi connectivity index (χ4v) is 20.7. The standard InChI is InChI=1S/4C25H36N6O4S/c4*1-5-8-20-22-23(31(4)29-20)25(32)28-24(27-22)19-16-18(10-11-21(19)35-15-6-2)36(33,34)26-13-12-17-9-7-14-30(17)3/h4*10-11,16-17,26H,5-9,12-15H2,1-4H3,(H,27,28,32)/i8D2,12D2,13D;12D2,13D2;12D2,13D;8D2,12D2. The third-order valence-corrected chi connectivity index (χ3v) is 29.8. The van der Waals surface area contributed by atoms with Crippen molar-refractivity contribution >= 4 is 84.2 Å². The number of H-pyrrole nitrogens is 4. The van der Waals surface area contributed by atoms with Crippen LogP contribution in [0.2, 0.25) is 0 Å². The van der Waals surface area contributed by atoms with E-state index in [1.54, 1.807) is 58.9 Å². The molecule has 0 radical (unpaired) electrons. The van der Waals surface area contributed by atoms with Crippen LogP contribution in [0.25, 0.3) is 89.7 Å². The van der Waals surface area contributed by atoms with Crippen molar-refractivity contribution in [3.63, 3.8) is 0 Å². The van der Waals surface area contributed by atoms with Gasteiger partial charge in [0.05, 0.1) is 91.0 Å². The van der Waals surface area contributed by atoms with Gasteiger partial charge in [-0.15, -0.1) is 0 Å². The zero-order chi connectivity index (χ0) is 118. The van der Waals surface area contributed by atoms with Gasteiger partial charge in [0.2, 0.25) is 40.1 Å². The minimum atomic E-state index is -4.56. The fourth-order valence-electron chi connectivity index (χ4n) is 17.2. The highest BCUT2D eigenvalue weighted by Gasteiger charge is 2.32. The number of ether oxygens (including phenoxy) is 4. The molecule has 16 rings (SSSR count). The Bertz CT molecular complexity index is 8060. The molecule has 144 heavy (non-hydrogen) atoms. The van der Waals surface area contributed by atoms with Crippen LogP contribution in [0.1, 0.15) is 228 Å². The highest BCUT2D eigenvalue weighted by atomic mass is 32.2. The molecule has 6 atom stereocenters. The van der Waals surface area contributed by atoms with Crippen molar-refractivity contribution in [1.29, 1.82) is 0 Å². The number of aromatic nitrogens is 16. The maximum atomic E-state index is 13.4. The Morgan fingerprint density at radius 2 is 0.604 bits per heavy atom. The number of benzene rings is 4. The number of hydrogen-bond acceptors (Lipinski definition) is 28. The molecule has 0 bridgehead atoms. The minimum absolute atomic E-state index is 0.00437. The summed E-state index contributed by atoms with van der Waals surface area (Å²) in [7, 11) is -3.98. The first-order chi connectivity index (χ1) is 75.0. The Balaban J connectivity index is 0.000000176. The van der Waals surface area contributed by atoms with Gasteiger partial charge in [0, 0.05) is 100 Å². The molecule has 44 heteroatoms. The Morgan fingerprint density at radius 3 is 0.875 bits per heavy atom. The second kappa shape index (κ2) is 49.9. The SMILES string of the molecule is [2H]C(NS(=O)(=O)c1ccc(OCCC)c(-c2nc3c(C([2H])([2H])CC)nn(C)c3c(=O)[nH]2)c1)C([2H])([2H])C1CCCN1C.[2H]C(NS(=O)(=O)c1ccc(OCCC)c(-c2nc3c(CCC)nn(C)c3c(=O)[nH]2)c1)C([2H])([2H])C1CCCN1C.[2H]C([2H])(CC)c1nn(C)c2c(=O)[nH]c(-c3cc(S(=O)(=O)NCC([2H])([2H])C4CCCN4C)ccc3OCCC)nc12.[2H]C([2H])(NS(=O)(=O)c1ccc(OCCC)c(-c2nc3c(CCC)nn(C)c3c(=O)[nH]2)c1)C([2H])([2H])C1CCCN1C. The van der Waals surface area contributed by atoms with Gasteiger partial charge in [-0.1, -0.05) is 81.1 Å². The van der Waals surface area contributed by atoms with Crippen LogP contribution in [0.15, 0.2) is 112 Å². The van der Waals surface area contributed by atoms with E-state index >= 15 is 0 Å². The number of hydrogen-bond donors (Lipinski definition) is 8. The number of rotatable bonds is 44. The summed E-state index contributed by atoms with van der Waals surface area (Å²) in [6.45, 7) is 12.2. The summed E-state index contributed by atoms with van der Waals surface area (Å²) in [6, 6.07) is 13.8. The lowest BCUT2D eigenvalue weighted by Crippen LogP contribution is -2.31. The van der Waals surface area contributed by atoms with Gasteiger partial charge in [0.1, 0.15) is 68.4 Å². The van der Waals surface area contributed by atoms with Gasteiger partial charge >= 0.3 is 0 Å². The quantitative estimate of drug-likeness (QED) is 0.0176. The monoisotopic (exact) mass is 2080 g/mol. The van der Waals surface area contributed by atoms with Crippen molar-refractivity contribution in [3.8, 4) is 68.5 Å². The summed E-state index contributed by atoms with van der Waals surface area (Å²) in [5.41, 5.74) is 1.81. The summed E-state index contributed by atoms with van der Waals surface area (Å²) < 4.78 is 279. The van der Waals surface area contributed by atoms with Crippen molar-refractivity contribution in [2.24, 2.45) is 28.2 Å². The summed E-state index contributed by atoms with van der Waals surface area (Å²) in [5.74, 6) is 1.32. The second-order valence-corrected chi connectivity index (χ2v) is 42.3. The zero-order valence-electron chi connectivity index (χ0n) is 100. The molecule has 6 unspecified atom stereocenters. The largest absolute Gasteiger partial charge is 0.493 e. The van der Waals surface area contributed by atoms with Crippen LogP contribution in [0.3, 0.4) is 0 Å². The van der Waals surface area contributed by atoms with Gasteiger partial charge in [-0.2, -0.15) is 20.4 Å². The lowest BCUT2D eigenvalue weighted by Gasteiger charge is -2.19. The molecule has 0 aliphatic carbocycles. The van der Waals surface area contributed by atoms with Crippen LogP contribution < -0.4 is 60.1 Å². The molecule has 4 aromatic carbocycles. The van der Waals surface area contributed by atoms with Crippen LogP contribution in [-0.2, 0) is 93.9 Å². The molecule has 4 fully saturated rings. The Labute approximate surface area is 865 Å². The van der Waals surface area contributed by atoms with Crippen molar-refractivity contribution in [2.45, 2.75) is 253 Å². The van der Waals surface area contributed by atoms with Crippen LogP contribution in [0.5, 0.6) is 23.0 Å². The number of aryl methyl sites for hydroxylation is 8. The molecular formula is C100H144N24O16S4. The average Bonchev–Trinajstić information content (AvgIpc) is 1.59. The van der Waals surface area contributed by atoms with Gasteiger partial charge < -0.3 is 58.5 Å². The van der Waals surface area contributed by atoms with Crippen molar-refractivity contribution in [3.05, 3.63) is 137 Å². The average molecular weight is 2080 g/mol. The van der Waals surface area contributed by atoms with Gasteiger partial charge in [-0.05, 0) is 255 Å². The predicted octanol–water partition coefficient (Wildman–Crippen LogP) is 11.3. The number of aromatic amines is 4. The highest BCUT2D eigenvalue weighted by Crippen LogP contribution is 2.38. The summed E-state index contributed by atoms with van der Waals surface area (Å²) in [5, 5.41) is 17.3. The van der Waals surface area contributed by atoms with Crippen molar-refractivity contribution < 1.29 is 74.6 Å². The molecule has 12 heterocycles. The zero-order valence-corrected chi connectivity index (χ0v) is 87.6. The van der Waals surface area contributed by atoms with Gasteiger partial charge in [-0.3, -0.25) is 37.9 Å². The molecule has 4 aliphatic heterocycles. The van der Waals surface area contributed by atoms with E-state index in [1.807, 2.05) is 63.1 Å². The van der Waals surface area contributed by atoms with Crippen LogP contribution >= 0.6 is 0 Å². The Hall–Kier alpha value is -11.0. The molecule has 0 amide bonds. The maximum absolute atomic E-state index is 13.4. The molecule has 784 valence electrons. The van der Waals surface area contributed by atoms with Gasteiger partial charge in [0.25, 0.3) is 22.2 Å². The maximum Gasteiger partial charge on any atom is 0.277 e. The van der Waals surface area contributed by atoms with Crippen molar-refractivity contribution in [2.75, 3.05) is 107 Å². The van der Waals surface area contributed by atoms with E-state index in [1.165, 1.54) is 106 Å². The number of fused-ring (bicyclic) bond motifs is 4. The molecule has 0 spiro atoms. The molecule has 4 aliphatic rings. The minimum Gasteiger partial charge on any atom is -0.493 e. The molecular weight excluding hydrogens is 1920 g/mol. The first-order valence-electron chi connectivity index (χ1n) is 56.8. The Kier molecular flexibility index (Phi) is 31.0. The Morgan fingerprint density at radius 1 is 0.340 bits per heavy atom. The van der Waals surface area contributed by atoms with E-state index < -0.39 is 151 Å². The third-order valence-electron chi connectivity index (χ3n) is 24.6. The predicted molar refractivity (Wildman–Crippen MR) is 559 cm³/mol. The summed E-state index contributed by atoms with van der Waals surface area (Å²) >= 11 is 0.